The van der Waals surface area contributed by atoms with Crippen molar-refractivity contribution in [3.05, 3.63) is 35.6 Å². The molecule has 2 fully saturated rings. The fourth-order valence-corrected chi connectivity index (χ4v) is 4.59. The molecule has 2 saturated heterocycles. The van der Waals surface area contributed by atoms with Gasteiger partial charge in [-0.3, -0.25) is 4.90 Å². The first-order valence-corrected chi connectivity index (χ1v) is 9.82. The van der Waals surface area contributed by atoms with Gasteiger partial charge in [0.05, 0.1) is 6.10 Å². The van der Waals surface area contributed by atoms with Gasteiger partial charge >= 0.3 is 0 Å². The van der Waals surface area contributed by atoms with E-state index in [4.69, 9.17) is 4.74 Å². The summed E-state index contributed by atoms with van der Waals surface area (Å²) >= 11 is 0. The van der Waals surface area contributed by atoms with E-state index in [-0.39, 0.29) is 11.9 Å². The zero-order valence-corrected chi connectivity index (χ0v) is 16.0. The number of nitrogens with zero attached hydrogens (tertiary/aromatic N) is 2. The Labute approximate surface area is 152 Å². The Morgan fingerprint density at radius 1 is 1.12 bits per heavy atom. The number of benzene rings is 1. The Bertz CT molecular complexity index is 542. The first kappa shape index (κ1) is 18.8. The SMILES string of the molecule is CO[C@@H]1CCN(C2CCN(C(C)C)CC2)C[C@H]1Cc1ccccc1F. The van der Waals surface area contributed by atoms with Gasteiger partial charge in [-0.05, 0) is 64.3 Å². The summed E-state index contributed by atoms with van der Waals surface area (Å²) in [6, 6.07) is 8.51. The number of ether oxygens (including phenoxy) is 1. The smallest absolute Gasteiger partial charge is 0.126 e. The number of hydrogen-bond acceptors (Lipinski definition) is 3. The molecule has 0 aromatic heterocycles. The fraction of sp³-hybridized carbons (Fsp3) is 0.714. The second-order valence-corrected chi connectivity index (χ2v) is 7.97. The van der Waals surface area contributed by atoms with Crippen molar-refractivity contribution in [1.82, 2.24) is 9.80 Å². The van der Waals surface area contributed by atoms with Gasteiger partial charge in [0.1, 0.15) is 5.82 Å². The van der Waals surface area contributed by atoms with Gasteiger partial charge in [0.2, 0.25) is 0 Å². The van der Waals surface area contributed by atoms with Gasteiger partial charge in [-0.2, -0.15) is 0 Å². The van der Waals surface area contributed by atoms with Crippen molar-refractivity contribution in [1.29, 1.82) is 0 Å². The normalized spacial score (nSPS) is 27.1. The van der Waals surface area contributed by atoms with Crippen molar-refractivity contribution in [2.45, 2.75) is 57.7 Å². The summed E-state index contributed by atoms with van der Waals surface area (Å²) in [5, 5.41) is 0. The lowest BCUT2D eigenvalue weighted by molar-refractivity contribution is -0.0284. The second-order valence-electron chi connectivity index (χ2n) is 7.97. The van der Waals surface area contributed by atoms with Gasteiger partial charge in [0, 0.05) is 38.2 Å². The molecule has 0 radical (unpaired) electrons. The Balaban J connectivity index is 1.62. The quantitative estimate of drug-likeness (QED) is 0.809. The lowest BCUT2D eigenvalue weighted by Gasteiger charge is -2.45. The number of piperidine rings is 2. The maximum absolute atomic E-state index is 14.1. The summed E-state index contributed by atoms with van der Waals surface area (Å²) in [6.07, 6.45) is 4.57. The largest absolute Gasteiger partial charge is 0.381 e. The van der Waals surface area contributed by atoms with Crippen LogP contribution in [0.2, 0.25) is 0 Å². The molecule has 0 spiro atoms. The minimum Gasteiger partial charge on any atom is -0.381 e. The van der Waals surface area contributed by atoms with Crippen LogP contribution in [-0.2, 0) is 11.2 Å². The van der Waals surface area contributed by atoms with Gasteiger partial charge < -0.3 is 9.64 Å². The number of hydrogen-bond donors (Lipinski definition) is 0. The molecule has 2 aliphatic rings. The Kier molecular flexibility index (Phi) is 6.48. The molecular weight excluding hydrogens is 315 g/mol. The average Bonchev–Trinajstić information content (AvgIpc) is 2.63. The molecule has 0 N–H and O–H groups in total. The minimum atomic E-state index is -0.0836. The van der Waals surface area contributed by atoms with Crippen LogP contribution in [0.1, 0.15) is 38.7 Å². The van der Waals surface area contributed by atoms with Crippen LogP contribution < -0.4 is 0 Å². The van der Waals surface area contributed by atoms with E-state index in [9.17, 15) is 4.39 Å². The van der Waals surface area contributed by atoms with Crippen LogP contribution in [-0.4, -0.2) is 61.3 Å². The molecule has 0 unspecified atom stereocenters. The van der Waals surface area contributed by atoms with Crippen LogP contribution in [0.15, 0.2) is 24.3 Å². The molecular formula is C21H33FN2O. The van der Waals surface area contributed by atoms with Gasteiger partial charge in [0.25, 0.3) is 0 Å². The van der Waals surface area contributed by atoms with E-state index in [0.717, 1.165) is 31.5 Å². The molecule has 0 aliphatic carbocycles. The topological polar surface area (TPSA) is 15.7 Å². The van der Waals surface area contributed by atoms with E-state index in [1.807, 2.05) is 12.1 Å². The third-order valence-corrected chi connectivity index (χ3v) is 6.18. The average molecular weight is 349 g/mol. The molecule has 140 valence electrons. The third-order valence-electron chi connectivity index (χ3n) is 6.18. The molecule has 0 amide bonds. The van der Waals surface area contributed by atoms with Gasteiger partial charge in [0.15, 0.2) is 0 Å². The van der Waals surface area contributed by atoms with Crippen LogP contribution in [0, 0.1) is 11.7 Å². The first-order chi connectivity index (χ1) is 12.1. The molecule has 2 aliphatic heterocycles. The predicted molar refractivity (Wildman–Crippen MR) is 100 cm³/mol. The monoisotopic (exact) mass is 348 g/mol. The lowest BCUT2D eigenvalue weighted by Crippen LogP contribution is -2.53. The van der Waals surface area contributed by atoms with Crippen LogP contribution in [0.4, 0.5) is 4.39 Å². The molecule has 0 saturated carbocycles. The first-order valence-electron chi connectivity index (χ1n) is 9.82. The van der Waals surface area contributed by atoms with Gasteiger partial charge in [-0.25, -0.2) is 4.39 Å². The van der Waals surface area contributed by atoms with E-state index < -0.39 is 0 Å². The van der Waals surface area contributed by atoms with E-state index >= 15 is 0 Å². The molecule has 2 atom stereocenters. The highest BCUT2D eigenvalue weighted by Crippen LogP contribution is 2.28. The Morgan fingerprint density at radius 3 is 2.48 bits per heavy atom. The van der Waals surface area contributed by atoms with Crippen molar-refractivity contribution >= 4 is 0 Å². The predicted octanol–water partition coefficient (Wildman–Crippen LogP) is 3.58. The molecule has 25 heavy (non-hydrogen) atoms. The number of rotatable bonds is 5. The molecule has 4 heteroatoms. The fourth-order valence-electron chi connectivity index (χ4n) is 4.59. The van der Waals surface area contributed by atoms with Crippen molar-refractivity contribution in [2.24, 2.45) is 5.92 Å². The Hall–Kier alpha value is -0.970. The molecule has 0 bridgehead atoms. The van der Waals surface area contributed by atoms with Crippen LogP contribution in [0.25, 0.3) is 0 Å². The number of likely N-dealkylation sites (tertiary alicyclic amines) is 2. The summed E-state index contributed by atoms with van der Waals surface area (Å²) in [4.78, 5) is 5.23. The van der Waals surface area contributed by atoms with Crippen molar-refractivity contribution in [2.75, 3.05) is 33.3 Å². The standard InChI is InChI=1S/C21H33FN2O/c1-16(2)23-11-8-19(9-12-23)24-13-10-21(25-3)18(15-24)14-17-6-4-5-7-20(17)22/h4-7,16,18-19,21H,8-15H2,1-3H3/t18-,21-/m1/s1. The summed E-state index contributed by atoms with van der Waals surface area (Å²) < 4.78 is 19.8. The summed E-state index contributed by atoms with van der Waals surface area (Å²) in [5.41, 5.74) is 0.825. The summed E-state index contributed by atoms with van der Waals surface area (Å²) in [6.45, 7) is 9.11. The van der Waals surface area contributed by atoms with Gasteiger partial charge in [-0.1, -0.05) is 18.2 Å². The third kappa shape index (κ3) is 4.60. The molecule has 3 rings (SSSR count). The van der Waals surface area contributed by atoms with Crippen molar-refractivity contribution < 1.29 is 9.13 Å². The number of halogens is 1. The van der Waals surface area contributed by atoms with E-state index in [1.54, 1.807) is 19.2 Å². The maximum Gasteiger partial charge on any atom is 0.126 e. The highest BCUT2D eigenvalue weighted by molar-refractivity contribution is 5.18. The molecule has 1 aromatic carbocycles. The lowest BCUT2D eigenvalue weighted by atomic mass is 9.86. The van der Waals surface area contributed by atoms with Crippen molar-refractivity contribution in [3.8, 4) is 0 Å². The van der Waals surface area contributed by atoms with E-state index in [0.29, 0.717) is 18.0 Å². The van der Waals surface area contributed by atoms with E-state index in [2.05, 4.69) is 23.6 Å². The number of methoxy groups -OCH3 is 1. The highest BCUT2D eigenvalue weighted by atomic mass is 19.1. The van der Waals surface area contributed by atoms with Crippen molar-refractivity contribution in [3.63, 3.8) is 0 Å². The minimum absolute atomic E-state index is 0.0836. The zero-order chi connectivity index (χ0) is 17.8. The van der Waals surface area contributed by atoms with Crippen LogP contribution >= 0.6 is 0 Å². The van der Waals surface area contributed by atoms with Gasteiger partial charge in [-0.15, -0.1) is 0 Å². The second kappa shape index (κ2) is 8.61. The molecule has 3 nitrogen and oxygen atoms in total. The maximum atomic E-state index is 14.1. The van der Waals surface area contributed by atoms with Crippen LogP contribution in [0.5, 0.6) is 0 Å². The summed E-state index contributed by atoms with van der Waals surface area (Å²) in [7, 11) is 1.80. The molecule has 2 heterocycles. The van der Waals surface area contributed by atoms with E-state index in [1.165, 1.54) is 25.9 Å². The molecule has 1 aromatic rings. The Morgan fingerprint density at radius 2 is 1.84 bits per heavy atom. The zero-order valence-electron chi connectivity index (χ0n) is 16.0. The highest BCUT2D eigenvalue weighted by Gasteiger charge is 2.34. The van der Waals surface area contributed by atoms with Crippen LogP contribution in [0.3, 0.4) is 0 Å². The summed E-state index contributed by atoms with van der Waals surface area (Å²) in [5.74, 6) is 0.290.